The van der Waals surface area contributed by atoms with E-state index in [0.29, 0.717) is 23.2 Å². The molecule has 1 atom stereocenters. The minimum absolute atomic E-state index is 0.341. The van der Waals surface area contributed by atoms with E-state index in [-0.39, 0.29) is 4.87 Å². The van der Waals surface area contributed by atoms with Gasteiger partial charge in [0.25, 0.3) is 5.89 Å². The number of allylic oxidation sites excluding steroid dienone is 3. The molecule has 0 spiro atoms. The van der Waals surface area contributed by atoms with E-state index in [2.05, 4.69) is 43.2 Å². The normalized spacial score (nSPS) is 22.3. The van der Waals surface area contributed by atoms with E-state index >= 15 is 0 Å². The minimum Gasteiger partial charge on any atom is -0.496 e. The SMILES string of the molecule is COc1ccccc1-c1noc(C2=C(N)C3=C(C)C(C)=C(C)NC3(C)S2)n1. The number of nitrogens with zero attached hydrogens (tertiary/aromatic N) is 2. The highest BCUT2D eigenvalue weighted by Crippen LogP contribution is 2.54. The largest absolute Gasteiger partial charge is 0.496 e. The van der Waals surface area contributed by atoms with Crippen molar-refractivity contribution in [3.8, 4) is 17.1 Å². The molecule has 3 heterocycles. The number of methoxy groups -OCH3 is 1. The van der Waals surface area contributed by atoms with Crippen LogP contribution < -0.4 is 15.8 Å². The zero-order valence-electron chi connectivity index (χ0n) is 16.0. The van der Waals surface area contributed by atoms with Crippen LogP contribution in [0.1, 0.15) is 33.6 Å². The lowest BCUT2D eigenvalue weighted by Crippen LogP contribution is -2.42. The average molecular weight is 382 g/mol. The molecule has 2 aromatic rings. The molecule has 0 saturated carbocycles. The molecule has 1 unspecified atom stereocenters. The average Bonchev–Trinajstić information content (AvgIpc) is 3.23. The van der Waals surface area contributed by atoms with E-state index < -0.39 is 0 Å². The van der Waals surface area contributed by atoms with Gasteiger partial charge in [0.05, 0.1) is 23.3 Å². The van der Waals surface area contributed by atoms with Gasteiger partial charge in [0, 0.05) is 11.3 Å². The van der Waals surface area contributed by atoms with E-state index in [9.17, 15) is 0 Å². The van der Waals surface area contributed by atoms with Crippen LogP contribution in [0, 0.1) is 0 Å². The number of hydrogen-bond acceptors (Lipinski definition) is 7. The van der Waals surface area contributed by atoms with Gasteiger partial charge in [-0.15, -0.1) is 0 Å². The lowest BCUT2D eigenvalue weighted by atomic mass is 9.90. The van der Waals surface area contributed by atoms with Gasteiger partial charge in [-0.1, -0.05) is 29.1 Å². The minimum atomic E-state index is -0.341. The molecule has 0 bridgehead atoms. The van der Waals surface area contributed by atoms with Crippen molar-refractivity contribution in [2.45, 2.75) is 32.6 Å². The molecule has 3 N–H and O–H groups in total. The number of nitrogens with one attached hydrogen (secondary N) is 1. The van der Waals surface area contributed by atoms with E-state index in [1.165, 1.54) is 11.1 Å². The highest BCUT2D eigenvalue weighted by Gasteiger charge is 2.45. The summed E-state index contributed by atoms with van der Waals surface area (Å²) < 4.78 is 11.0. The fourth-order valence-corrected chi connectivity index (χ4v) is 5.02. The first-order valence-electron chi connectivity index (χ1n) is 8.69. The van der Waals surface area contributed by atoms with Gasteiger partial charge in [-0.05, 0) is 51.0 Å². The first kappa shape index (κ1) is 17.7. The maximum absolute atomic E-state index is 6.54. The predicted octanol–water partition coefficient (Wildman–Crippen LogP) is 4.05. The van der Waals surface area contributed by atoms with Crippen molar-refractivity contribution in [2.75, 3.05) is 7.11 Å². The van der Waals surface area contributed by atoms with Gasteiger partial charge in [-0.2, -0.15) is 4.98 Å². The molecule has 0 radical (unpaired) electrons. The van der Waals surface area contributed by atoms with Gasteiger partial charge in [0.15, 0.2) is 0 Å². The highest BCUT2D eigenvalue weighted by atomic mass is 32.2. The maximum atomic E-state index is 6.54. The van der Waals surface area contributed by atoms with Gasteiger partial charge < -0.3 is 20.3 Å². The summed E-state index contributed by atoms with van der Waals surface area (Å²) >= 11 is 1.61. The molecular weight excluding hydrogens is 360 g/mol. The molecule has 0 aliphatic carbocycles. The second kappa shape index (κ2) is 6.20. The van der Waals surface area contributed by atoms with Crippen molar-refractivity contribution >= 4 is 16.7 Å². The summed E-state index contributed by atoms with van der Waals surface area (Å²) in [5.41, 5.74) is 12.7. The maximum Gasteiger partial charge on any atom is 0.266 e. The van der Waals surface area contributed by atoms with Crippen LogP contribution in [0.5, 0.6) is 5.75 Å². The molecule has 0 saturated heterocycles. The Balaban J connectivity index is 1.78. The van der Waals surface area contributed by atoms with Gasteiger partial charge in [-0.25, -0.2) is 0 Å². The monoisotopic (exact) mass is 382 g/mol. The van der Waals surface area contributed by atoms with Crippen LogP contribution in [0.25, 0.3) is 16.3 Å². The highest BCUT2D eigenvalue weighted by molar-refractivity contribution is 8.10. The summed E-state index contributed by atoms with van der Waals surface area (Å²) in [7, 11) is 1.62. The Kier molecular flexibility index (Phi) is 4.07. The van der Waals surface area contributed by atoms with Gasteiger partial charge in [0.1, 0.15) is 10.6 Å². The van der Waals surface area contributed by atoms with Crippen molar-refractivity contribution in [3.63, 3.8) is 0 Å². The summed E-state index contributed by atoms with van der Waals surface area (Å²) in [5, 5.41) is 7.72. The first-order valence-corrected chi connectivity index (χ1v) is 9.51. The molecule has 27 heavy (non-hydrogen) atoms. The number of nitrogens with two attached hydrogens (primary N) is 1. The third-order valence-electron chi connectivity index (χ3n) is 5.19. The Morgan fingerprint density at radius 3 is 2.67 bits per heavy atom. The van der Waals surface area contributed by atoms with Crippen LogP contribution in [0.15, 0.2) is 56.9 Å². The van der Waals surface area contributed by atoms with Crippen molar-refractivity contribution in [2.24, 2.45) is 5.73 Å². The van der Waals surface area contributed by atoms with Crippen molar-refractivity contribution in [1.29, 1.82) is 0 Å². The summed E-state index contributed by atoms with van der Waals surface area (Å²) in [6.45, 7) is 8.43. The molecule has 0 fully saturated rings. The van der Waals surface area contributed by atoms with Crippen LogP contribution in [0.4, 0.5) is 0 Å². The Labute approximate surface area is 162 Å². The number of thioether (sulfide) groups is 1. The lowest BCUT2D eigenvalue weighted by molar-refractivity contribution is 0.406. The van der Waals surface area contributed by atoms with Gasteiger partial charge in [0.2, 0.25) is 5.82 Å². The van der Waals surface area contributed by atoms with Crippen LogP contribution in [0.2, 0.25) is 0 Å². The van der Waals surface area contributed by atoms with E-state index in [4.69, 9.17) is 15.0 Å². The second-order valence-electron chi connectivity index (χ2n) is 6.88. The number of ether oxygens (including phenoxy) is 1. The Morgan fingerprint density at radius 1 is 1.19 bits per heavy atom. The Bertz CT molecular complexity index is 1030. The van der Waals surface area contributed by atoms with E-state index in [0.717, 1.165) is 21.7 Å². The molecule has 1 aromatic heterocycles. The van der Waals surface area contributed by atoms with Crippen LogP contribution >= 0.6 is 11.8 Å². The van der Waals surface area contributed by atoms with Crippen LogP contribution in [-0.2, 0) is 0 Å². The van der Waals surface area contributed by atoms with Crippen molar-refractivity contribution < 1.29 is 9.26 Å². The van der Waals surface area contributed by atoms with E-state index in [1.807, 2.05) is 24.3 Å². The standard InChI is InChI=1S/C20H22N4O2S/c1-10-11(2)15-16(21)17(27-20(15,4)23-12(10)3)19-22-18(24-26-19)13-8-6-7-9-14(13)25-5/h6-9,23H,21H2,1-5H3. The molecule has 1 aromatic carbocycles. The molecule has 140 valence electrons. The zero-order chi connectivity index (χ0) is 19.3. The summed E-state index contributed by atoms with van der Waals surface area (Å²) in [6, 6.07) is 7.59. The topological polar surface area (TPSA) is 86.2 Å². The third-order valence-corrected chi connectivity index (χ3v) is 6.50. The smallest absolute Gasteiger partial charge is 0.266 e. The van der Waals surface area contributed by atoms with Crippen molar-refractivity contribution in [1.82, 2.24) is 15.5 Å². The number of benzene rings is 1. The second-order valence-corrected chi connectivity index (χ2v) is 8.31. The summed E-state index contributed by atoms with van der Waals surface area (Å²) in [5.74, 6) is 1.60. The fraction of sp³-hybridized carbons (Fsp3) is 0.300. The molecular formula is C20H22N4O2S. The molecule has 0 amide bonds. The zero-order valence-corrected chi connectivity index (χ0v) is 16.8. The third kappa shape index (κ3) is 2.65. The number of dihydropyridines is 1. The number of fused-ring (bicyclic) bond motifs is 1. The Hall–Kier alpha value is -2.67. The van der Waals surface area contributed by atoms with Crippen molar-refractivity contribution in [3.05, 3.63) is 58.3 Å². The van der Waals surface area contributed by atoms with Crippen LogP contribution in [-0.4, -0.2) is 22.1 Å². The molecule has 4 rings (SSSR count). The number of para-hydroxylation sites is 1. The number of aromatic nitrogens is 2. The number of rotatable bonds is 3. The molecule has 7 heteroatoms. The summed E-state index contributed by atoms with van der Waals surface area (Å²) in [6.07, 6.45) is 0. The van der Waals surface area contributed by atoms with Gasteiger partial charge >= 0.3 is 0 Å². The molecule has 2 aliphatic heterocycles. The lowest BCUT2D eigenvalue weighted by Gasteiger charge is -2.35. The molecule has 6 nitrogen and oxygen atoms in total. The van der Waals surface area contributed by atoms with E-state index in [1.54, 1.807) is 18.9 Å². The molecule has 2 aliphatic rings. The van der Waals surface area contributed by atoms with Crippen LogP contribution in [0.3, 0.4) is 0 Å². The summed E-state index contributed by atoms with van der Waals surface area (Å²) in [4.78, 5) is 5.05. The quantitative estimate of drug-likeness (QED) is 0.828. The number of hydrogen-bond donors (Lipinski definition) is 2. The first-order chi connectivity index (χ1) is 12.9. The predicted molar refractivity (Wildman–Crippen MR) is 108 cm³/mol. The Morgan fingerprint density at radius 2 is 1.93 bits per heavy atom. The fourth-order valence-electron chi connectivity index (χ4n) is 3.66. The van der Waals surface area contributed by atoms with Gasteiger partial charge in [-0.3, -0.25) is 0 Å².